The van der Waals surface area contributed by atoms with Crippen LogP contribution in [0.4, 0.5) is 0 Å². The van der Waals surface area contributed by atoms with Crippen LogP contribution in [-0.4, -0.2) is 18.2 Å². The average molecular weight is 211 g/mol. The summed E-state index contributed by atoms with van der Waals surface area (Å²) in [6, 6.07) is 3.59. The van der Waals surface area contributed by atoms with Crippen molar-refractivity contribution in [2.75, 3.05) is 13.1 Å². The fraction of sp³-hybridized carbons (Fsp3) is 0.667. The summed E-state index contributed by atoms with van der Waals surface area (Å²) in [6.07, 6.45) is 3.41. The molecule has 1 heterocycles. The van der Waals surface area contributed by atoms with Crippen LogP contribution in [0.1, 0.15) is 38.6 Å². The van der Waals surface area contributed by atoms with Gasteiger partial charge in [-0.05, 0) is 24.6 Å². The van der Waals surface area contributed by atoms with Crippen LogP contribution in [0.3, 0.4) is 0 Å². The molecule has 0 aliphatic carbocycles. The van der Waals surface area contributed by atoms with E-state index in [0.717, 1.165) is 6.54 Å². The predicted octanol–water partition coefficient (Wildman–Crippen LogP) is 2.34. The maximum Gasteiger partial charge on any atom is 0.133 e. The fourth-order valence-corrected chi connectivity index (χ4v) is 1.58. The Kier molecular flexibility index (Phi) is 5.43. The van der Waals surface area contributed by atoms with Gasteiger partial charge in [-0.25, -0.2) is 0 Å². The predicted molar refractivity (Wildman–Crippen MR) is 60.6 cm³/mol. The first-order chi connectivity index (χ1) is 7.27. The Bertz CT molecular complexity index is 242. The van der Waals surface area contributed by atoms with Crippen LogP contribution in [0.2, 0.25) is 0 Å². The van der Waals surface area contributed by atoms with Gasteiger partial charge >= 0.3 is 0 Å². The van der Waals surface area contributed by atoms with E-state index in [1.807, 2.05) is 0 Å². The van der Waals surface area contributed by atoms with Gasteiger partial charge in [0.1, 0.15) is 11.9 Å². The summed E-state index contributed by atoms with van der Waals surface area (Å²) in [6.45, 7) is 5.91. The number of aliphatic hydroxyl groups is 1. The Labute approximate surface area is 91.5 Å². The number of hydrogen-bond acceptors (Lipinski definition) is 3. The zero-order valence-electron chi connectivity index (χ0n) is 9.57. The van der Waals surface area contributed by atoms with E-state index in [1.54, 1.807) is 18.4 Å². The maximum atomic E-state index is 9.71. The molecule has 1 atom stereocenters. The van der Waals surface area contributed by atoms with E-state index in [4.69, 9.17) is 4.42 Å². The average Bonchev–Trinajstić information content (AvgIpc) is 2.77. The summed E-state index contributed by atoms with van der Waals surface area (Å²) in [4.78, 5) is 0. The number of nitrogens with one attached hydrogen (secondary N) is 1. The highest BCUT2D eigenvalue weighted by Gasteiger charge is 2.10. The Morgan fingerprint density at radius 1 is 1.33 bits per heavy atom. The minimum absolute atomic E-state index is 0.533. The molecule has 1 aromatic heterocycles. The molecule has 3 nitrogen and oxygen atoms in total. The van der Waals surface area contributed by atoms with Crippen molar-refractivity contribution in [1.29, 1.82) is 0 Å². The smallest absolute Gasteiger partial charge is 0.133 e. The summed E-state index contributed by atoms with van der Waals surface area (Å²) in [5.41, 5.74) is 0. The summed E-state index contributed by atoms with van der Waals surface area (Å²) in [5.74, 6) is 1.33. The van der Waals surface area contributed by atoms with E-state index < -0.39 is 6.10 Å². The third kappa shape index (κ3) is 4.06. The maximum absolute atomic E-state index is 9.71. The van der Waals surface area contributed by atoms with Gasteiger partial charge in [-0.1, -0.05) is 26.7 Å². The van der Waals surface area contributed by atoms with E-state index in [1.165, 1.54) is 12.8 Å². The molecule has 0 aliphatic heterocycles. The van der Waals surface area contributed by atoms with E-state index in [2.05, 4.69) is 19.2 Å². The van der Waals surface area contributed by atoms with E-state index in [9.17, 15) is 5.11 Å². The highest BCUT2D eigenvalue weighted by molar-refractivity contribution is 5.02. The SMILES string of the molecule is CCC(CC)CNCC(O)c1ccco1. The third-order valence-electron chi connectivity index (χ3n) is 2.80. The molecule has 0 radical (unpaired) electrons. The second-order valence-electron chi connectivity index (χ2n) is 3.87. The van der Waals surface area contributed by atoms with Gasteiger partial charge in [0.05, 0.1) is 6.26 Å². The van der Waals surface area contributed by atoms with Crippen LogP contribution < -0.4 is 5.32 Å². The van der Waals surface area contributed by atoms with Crippen molar-refractivity contribution in [3.05, 3.63) is 24.2 Å². The molecule has 0 saturated carbocycles. The number of rotatable bonds is 7. The van der Waals surface area contributed by atoms with Gasteiger partial charge in [0, 0.05) is 6.54 Å². The van der Waals surface area contributed by atoms with Crippen molar-refractivity contribution in [3.63, 3.8) is 0 Å². The molecular weight excluding hydrogens is 190 g/mol. The zero-order valence-corrected chi connectivity index (χ0v) is 9.57. The van der Waals surface area contributed by atoms with Crippen LogP contribution in [0.5, 0.6) is 0 Å². The number of hydrogen-bond donors (Lipinski definition) is 2. The van der Waals surface area contributed by atoms with Crippen molar-refractivity contribution < 1.29 is 9.52 Å². The Balaban J connectivity index is 2.20. The van der Waals surface area contributed by atoms with Crippen LogP contribution in [0.15, 0.2) is 22.8 Å². The highest BCUT2D eigenvalue weighted by atomic mass is 16.4. The Morgan fingerprint density at radius 2 is 2.07 bits per heavy atom. The number of furan rings is 1. The van der Waals surface area contributed by atoms with Crippen molar-refractivity contribution in [2.24, 2.45) is 5.92 Å². The van der Waals surface area contributed by atoms with Gasteiger partial charge in [0.2, 0.25) is 0 Å². The number of aliphatic hydroxyl groups excluding tert-OH is 1. The second-order valence-corrected chi connectivity index (χ2v) is 3.87. The van der Waals surface area contributed by atoms with Gasteiger partial charge in [0.15, 0.2) is 0 Å². The first-order valence-electron chi connectivity index (χ1n) is 5.70. The molecule has 0 saturated heterocycles. The molecule has 1 unspecified atom stereocenters. The summed E-state index contributed by atoms with van der Waals surface area (Å²) < 4.78 is 5.12. The van der Waals surface area contributed by atoms with Crippen LogP contribution in [0, 0.1) is 5.92 Å². The van der Waals surface area contributed by atoms with Gasteiger partial charge < -0.3 is 14.8 Å². The monoisotopic (exact) mass is 211 g/mol. The van der Waals surface area contributed by atoms with E-state index >= 15 is 0 Å². The molecule has 3 heteroatoms. The summed E-state index contributed by atoms with van der Waals surface area (Å²) in [7, 11) is 0. The quantitative estimate of drug-likeness (QED) is 0.727. The minimum Gasteiger partial charge on any atom is -0.467 e. The van der Waals surface area contributed by atoms with Crippen LogP contribution in [-0.2, 0) is 0 Å². The normalized spacial score (nSPS) is 13.3. The van der Waals surface area contributed by atoms with Gasteiger partial charge in [0.25, 0.3) is 0 Å². The van der Waals surface area contributed by atoms with Gasteiger partial charge in [-0.15, -0.1) is 0 Å². The topological polar surface area (TPSA) is 45.4 Å². The minimum atomic E-state index is -0.533. The summed E-state index contributed by atoms with van der Waals surface area (Å²) >= 11 is 0. The van der Waals surface area contributed by atoms with Crippen LogP contribution >= 0.6 is 0 Å². The fourth-order valence-electron chi connectivity index (χ4n) is 1.58. The second kappa shape index (κ2) is 6.64. The Morgan fingerprint density at radius 3 is 2.60 bits per heavy atom. The molecule has 86 valence electrons. The van der Waals surface area contributed by atoms with E-state index in [-0.39, 0.29) is 0 Å². The lowest BCUT2D eigenvalue weighted by Crippen LogP contribution is -2.26. The van der Waals surface area contributed by atoms with Gasteiger partial charge in [-0.3, -0.25) is 0 Å². The molecule has 15 heavy (non-hydrogen) atoms. The van der Waals surface area contributed by atoms with Crippen molar-refractivity contribution in [3.8, 4) is 0 Å². The van der Waals surface area contributed by atoms with Crippen molar-refractivity contribution in [2.45, 2.75) is 32.8 Å². The Hall–Kier alpha value is -0.800. The lowest BCUT2D eigenvalue weighted by atomic mass is 10.0. The summed E-state index contributed by atoms with van der Waals surface area (Å²) in [5, 5.41) is 13.0. The molecule has 1 rings (SSSR count). The molecule has 0 amide bonds. The molecule has 0 aromatic carbocycles. The standard InChI is InChI=1S/C12H21NO2/c1-3-10(4-2)8-13-9-11(14)12-6-5-7-15-12/h5-7,10-11,13-14H,3-4,8-9H2,1-2H3. The van der Waals surface area contributed by atoms with Crippen LogP contribution in [0.25, 0.3) is 0 Å². The molecule has 2 N–H and O–H groups in total. The molecular formula is C12H21NO2. The molecule has 0 aliphatic rings. The first kappa shape index (κ1) is 12.3. The lowest BCUT2D eigenvalue weighted by molar-refractivity contribution is 0.145. The molecule has 0 fully saturated rings. The molecule has 0 bridgehead atoms. The molecule has 1 aromatic rings. The molecule has 0 spiro atoms. The van der Waals surface area contributed by atoms with E-state index in [0.29, 0.717) is 18.2 Å². The largest absolute Gasteiger partial charge is 0.467 e. The first-order valence-corrected chi connectivity index (χ1v) is 5.70. The van der Waals surface area contributed by atoms with Gasteiger partial charge in [-0.2, -0.15) is 0 Å². The van der Waals surface area contributed by atoms with Crippen molar-refractivity contribution >= 4 is 0 Å². The van der Waals surface area contributed by atoms with Crippen molar-refractivity contribution in [1.82, 2.24) is 5.32 Å². The zero-order chi connectivity index (χ0) is 11.1. The lowest BCUT2D eigenvalue weighted by Gasteiger charge is -2.14. The third-order valence-corrected chi connectivity index (χ3v) is 2.80. The highest BCUT2D eigenvalue weighted by Crippen LogP contribution is 2.12.